The molecule has 0 aromatic carbocycles. The van der Waals surface area contributed by atoms with Crippen LogP contribution in [0.3, 0.4) is 0 Å². The van der Waals surface area contributed by atoms with Crippen molar-refractivity contribution >= 4 is 5.91 Å². The third-order valence-electron chi connectivity index (χ3n) is 2.46. The van der Waals surface area contributed by atoms with Crippen LogP contribution in [0.4, 0.5) is 0 Å². The second kappa shape index (κ2) is 1.48. The topological polar surface area (TPSA) is 55.1 Å². The van der Waals surface area contributed by atoms with Crippen LogP contribution in [0, 0.1) is 5.92 Å². The molecule has 1 amide bonds. The van der Waals surface area contributed by atoms with E-state index in [4.69, 9.17) is 5.73 Å². The lowest BCUT2D eigenvalue weighted by Gasteiger charge is -2.52. The number of primary amides is 1. The summed E-state index contributed by atoms with van der Waals surface area (Å²) in [5, 5.41) is 3.10. The Labute approximate surface area is 53.6 Å². The number of nitrogens with one attached hydrogen (secondary N) is 1. The van der Waals surface area contributed by atoms with Gasteiger partial charge in [-0.2, -0.15) is 0 Å². The normalized spacial score (nSPS) is 46.4. The van der Waals surface area contributed by atoms with Gasteiger partial charge in [0.15, 0.2) is 0 Å². The van der Waals surface area contributed by atoms with Gasteiger partial charge in [-0.25, -0.2) is 0 Å². The van der Waals surface area contributed by atoms with Crippen molar-refractivity contribution in [3.05, 3.63) is 0 Å². The van der Waals surface area contributed by atoms with Crippen molar-refractivity contribution in [3.8, 4) is 0 Å². The van der Waals surface area contributed by atoms with E-state index >= 15 is 0 Å². The molecule has 3 heteroatoms. The monoisotopic (exact) mass is 126 g/mol. The van der Waals surface area contributed by atoms with Gasteiger partial charge in [0.2, 0.25) is 5.91 Å². The van der Waals surface area contributed by atoms with E-state index in [9.17, 15) is 4.79 Å². The van der Waals surface area contributed by atoms with E-state index in [2.05, 4.69) is 5.32 Å². The van der Waals surface area contributed by atoms with Crippen molar-refractivity contribution in [2.75, 3.05) is 0 Å². The van der Waals surface area contributed by atoms with Crippen LogP contribution in [0.25, 0.3) is 0 Å². The minimum Gasteiger partial charge on any atom is -0.368 e. The van der Waals surface area contributed by atoms with Gasteiger partial charge in [0.25, 0.3) is 0 Å². The largest absolute Gasteiger partial charge is 0.368 e. The van der Waals surface area contributed by atoms with Crippen LogP contribution in [0.2, 0.25) is 0 Å². The molecule has 1 aliphatic carbocycles. The highest BCUT2D eigenvalue weighted by molar-refractivity contribution is 5.81. The van der Waals surface area contributed by atoms with Gasteiger partial charge < -0.3 is 11.1 Å². The Morgan fingerprint density at radius 3 is 2.44 bits per heavy atom. The molecule has 3 atom stereocenters. The molecule has 0 aromatic heterocycles. The summed E-state index contributed by atoms with van der Waals surface area (Å²) in [7, 11) is 0. The molecule has 1 saturated heterocycles. The number of hydrogen-bond donors (Lipinski definition) is 2. The maximum Gasteiger partial charge on any atom is 0.234 e. The molecular formula is C6H10N2O. The Kier molecular flexibility index (Phi) is 0.858. The molecule has 50 valence electrons. The molecule has 1 saturated carbocycles. The maximum atomic E-state index is 10.5. The number of amides is 1. The van der Waals surface area contributed by atoms with E-state index in [1.165, 1.54) is 12.8 Å². The lowest BCUT2D eigenvalue weighted by molar-refractivity contribution is -0.128. The van der Waals surface area contributed by atoms with Crippen molar-refractivity contribution in [1.29, 1.82) is 0 Å². The molecule has 1 heterocycles. The Morgan fingerprint density at radius 2 is 2.33 bits per heavy atom. The van der Waals surface area contributed by atoms with Crippen LogP contribution in [0.5, 0.6) is 0 Å². The number of carbonyl (C=O) groups is 1. The maximum absolute atomic E-state index is 10.5. The van der Waals surface area contributed by atoms with Crippen LogP contribution < -0.4 is 11.1 Å². The molecule has 3 nitrogen and oxygen atoms in total. The molecule has 1 unspecified atom stereocenters. The molecule has 9 heavy (non-hydrogen) atoms. The van der Waals surface area contributed by atoms with Gasteiger partial charge >= 0.3 is 0 Å². The summed E-state index contributed by atoms with van der Waals surface area (Å²) in [4.78, 5) is 10.5. The van der Waals surface area contributed by atoms with E-state index in [1.54, 1.807) is 0 Å². The minimum absolute atomic E-state index is 0.00347. The first-order valence-electron chi connectivity index (χ1n) is 3.34. The van der Waals surface area contributed by atoms with Crippen molar-refractivity contribution in [2.45, 2.75) is 24.9 Å². The zero-order valence-corrected chi connectivity index (χ0v) is 5.13. The van der Waals surface area contributed by atoms with E-state index in [0.717, 1.165) is 0 Å². The second-order valence-corrected chi connectivity index (χ2v) is 2.89. The number of fused-ring (bicyclic) bond motifs is 1. The SMILES string of the molecule is NC(=O)[C@H]1NC2CC[C@@H]21. The number of piperidine rings is 1. The molecule has 0 spiro atoms. The third kappa shape index (κ3) is 0.525. The summed E-state index contributed by atoms with van der Waals surface area (Å²) in [6.45, 7) is 0. The van der Waals surface area contributed by atoms with Crippen LogP contribution in [0.1, 0.15) is 12.8 Å². The van der Waals surface area contributed by atoms with E-state index < -0.39 is 0 Å². The van der Waals surface area contributed by atoms with Gasteiger partial charge in [-0.1, -0.05) is 0 Å². The number of carbonyl (C=O) groups excluding carboxylic acids is 1. The summed E-state index contributed by atoms with van der Waals surface area (Å²) in [6, 6.07) is 0.631. The lowest BCUT2D eigenvalue weighted by Crippen LogP contribution is -2.70. The standard InChI is InChI=1S/C6H10N2O/c7-6(9)5-3-1-2-4(3)8-5/h3-5,8H,1-2H2,(H2,7,9)/t3-,4?,5-/m0/s1. The molecule has 0 radical (unpaired) electrons. The van der Waals surface area contributed by atoms with E-state index in [-0.39, 0.29) is 11.9 Å². The van der Waals surface area contributed by atoms with Crippen LogP contribution >= 0.6 is 0 Å². The Hall–Kier alpha value is -0.570. The van der Waals surface area contributed by atoms with Gasteiger partial charge in [0.1, 0.15) is 0 Å². The van der Waals surface area contributed by atoms with Crippen molar-refractivity contribution in [2.24, 2.45) is 11.7 Å². The Bertz CT molecular complexity index is 157. The third-order valence-corrected chi connectivity index (χ3v) is 2.46. The Morgan fingerprint density at radius 1 is 1.56 bits per heavy atom. The van der Waals surface area contributed by atoms with Crippen LogP contribution in [-0.4, -0.2) is 18.0 Å². The average molecular weight is 126 g/mol. The summed E-state index contributed by atoms with van der Waals surface area (Å²) < 4.78 is 0. The molecule has 2 fully saturated rings. The highest BCUT2D eigenvalue weighted by Crippen LogP contribution is 2.38. The fourth-order valence-electron chi connectivity index (χ4n) is 1.66. The van der Waals surface area contributed by atoms with E-state index in [0.29, 0.717) is 12.0 Å². The summed E-state index contributed by atoms with van der Waals surface area (Å²) in [6.07, 6.45) is 2.42. The zero-order chi connectivity index (χ0) is 6.43. The molecule has 2 rings (SSSR count). The molecule has 0 bridgehead atoms. The fourth-order valence-corrected chi connectivity index (χ4v) is 1.66. The first kappa shape index (κ1) is 5.23. The number of hydrogen-bond acceptors (Lipinski definition) is 2. The van der Waals surface area contributed by atoms with Gasteiger partial charge in [-0.15, -0.1) is 0 Å². The van der Waals surface area contributed by atoms with E-state index in [1.807, 2.05) is 0 Å². The van der Waals surface area contributed by atoms with Gasteiger partial charge in [-0.3, -0.25) is 4.79 Å². The molecule has 1 aliphatic heterocycles. The fraction of sp³-hybridized carbons (Fsp3) is 0.833. The molecule has 3 N–H and O–H groups in total. The van der Waals surface area contributed by atoms with Crippen molar-refractivity contribution in [3.63, 3.8) is 0 Å². The predicted octanol–water partition coefficient (Wildman–Crippen LogP) is -0.778. The molecule has 0 aromatic rings. The quantitative estimate of drug-likeness (QED) is 0.484. The van der Waals surface area contributed by atoms with Gasteiger partial charge in [0.05, 0.1) is 6.04 Å². The van der Waals surface area contributed by atoms with Crippen molar-refractivity contribution in [1.82, 2.24) is 5.32 Å². The van der Waals surface area contributed by atoms with Crippen LogP contribution in [-0.2, 0) is 4.79 Å². The predicted molar refractivity (Wildman–Crippen MR) is 32.6 cm³/mol. The highest BCUT2D eigenvalue weighted by atomic mass is 16.1. The van der Waals surface area contributed by atoms with Crippen molar-refractivity contribution < 1.29 is 4.79 Å². The number of nitrogens with two attached hydrogens (primary N) is 1. The smallest absolute Gasteiger partial charge is 0.234 e. The molecule has 2 aliphatic rings. The summed E-state index contributed by atoms with van der Waals surface area (Å²) in [5.74, 6) is 0.401. The highest BCUT2D eigenvalue weighted by Gasteiger charge is 2.49. The Balaban J connectivity index is 1.97. The zero-order valence-electron chi connectivity index (χ0n) is 5.13. The van der Waals surface area contributed by atoms with Crippen LogP contribution in [0.15, 0.2) is 0 Å². The number of rotatable bonds is 1. The van der Waals surface area contributed by atoms with Gasteiger partial charge in [-0.05, 0) is 18.8 Å². The van der Waals surface area contributed by atoms with Gasteiger partial charge in [0, 0.05) is 6.04 Å². The first-order chi connectivity index (χ1) is 4.29. The summed E-state index contributed by atoms with van der Waals surface area (Å²) >= 11 is 0. The first-order valence-corrected chi connectivity index (χ1v) is 3.34. The molecular weight excluding hydrogens is 116 g/mol. The average Bonchev–Trinajstić information content (AvgIpc) is 1.76. The lowest BCUT2D eigenvalue weighted by atomic mass is 9.67. The second-order valence-electron chi connectivity index (χ2n) is 2.89. The summed E-state index contributed by atoms with van der Waals surface area (Å²) in [5.41, 5.74) is 5.08. The minimum atomic E-state index is -0.184.